The zero-order chi connectivity index (χ0) is 5.91. The molecular weight excluding hydrogens is 156 g/mol. The van der Waals surface area contributed by atoms with E-state index in [-0.39, 0.29) is 44.3 Å². The Morgan fingerprint density at radius 3 is 1.88 bits per heavy atom. The average molecular weight is 164 g/mol. The second-order valence-electron chi connectivity index (χ2n) is 1.11. The minimum absolute atomic E-state index is 0. The van der Waals surface area contributed by atoms with Crippen molar-refractivity contribution in [3.8, 4) is 0 Å². The van der Waals surface area contributed by atoms with Gasteiger partial charge in [0, 0.05) is 37.7 Å². The van der Waals surface area contributed by atoms with Gasteiger partial charge in [0.15, 0.2) is 0 Å². The van der Waals surface area contributed by atoms with Crippen LogP contribution in [0.3, 0.4) is 0 Å². The fourth-order valence-electron chi connectivity index (χ4n) is 0.214. The van der Waals surface area contributed by atoms with E-state index < -0.39 is 10.1 Å². The van der Waals surface area contributed by atoms with Gasteiger partial charge in [0.1, 0.15) is 0 Å². The first kappa shape index (κ1) is 11.9. The molecule has 0 aliphatic carbocycles. The third kappa shape index (κ3) is 10.2. The van der Waals surface area contributed by atoms with Gasteiger partial charge < -0.3 is 0 Å². The fraction of sp³-hybridized carbons (Fsp3) is 1.00. The molecule has 2 radical (unpaired) electrons. The molecule has 0 amide bonds. The standard InChI is InChI=1S/C3H8O3S.Ca/c1-3-6-7(2,4)5;/h3H2,1-2H3;. The molecule has 0 bridgehead atoms. The molecule has 46 valence electrons. The molecule has 0 aromatic rings. The summed E-state index contributed by atoms with van der Waals surface area (Å²) < 4.78 is 24.2. The summed E-state index contributed by atoms with van der Waals surface area (Å²) in [5.74, 6) is 0. The molecule has 0 rings (SSSR count). The van der Waals surface area contributed by atoms with Crippen molar-refractivity contribution in [3.63, 3.8) is 0 Å². The normalized spacial score (nSPS) is 10.2. The maximum absolute atomic E-state index is 10.0. The van der Waals surface area contributed by atoms with Crippen molar-refractivity contribution in [2.45, 2.75) is 6.92 Å². The Hall–Kier alpha value is 1.17. The van der Waals surface area contributed by atoms with Crippen LogP contribution < -0.4 is 0 Å². The molecule has 0 N–H and O–H groups in total. The summed E-state index contributed by atoms with van der Waals surface area (Å²) in [5, 5.41) is 0. The Kier molecular flexibility index (Phi) is 7.43. The molecule has 0 atom stereocenters. The van der Waals surface area contributed by atoms with E-state index in [2.05, 4.69) is 4.18 Å². The van der Waals surface area contributed by atoms with Crippen LogP contribution in [0.5, 0.6) is 0 Å². The molecule has 0 saturated heterocycles. The molecule has 5 heteroatoms. The predicted octanol–water partition coefficient (Wildman–Crippen LogP) is -0.398. The summed E-state index contributed by atoms with van der Waals surface area (Å²) in [7, 11) is -3.17. The zero-order valence-corrected chi connectivity index (χ0v) is 8.07. The Bertz CT molecular complexity index is 127. The molecule has 0 heterocycles. The van der Waals surface area contributed by atoms with E-state index in [9.17, 15) is 8.42 Å². The third-order valence-electron chi connectivity index (χ3n) is 0.332. The van der Waals surface area contributed by atoms with Gasteiger partial charge in [-0.05, 0) is 6.92 Å². The van der Waals surface area contributed by atoms with E-state index in [0.29, 0.717) is 0 Å². The number of hydrogen-bond acceptors (Lipinski definition) is 3. The van der Waals surface area contributed by atoms with Crippen LogP contribution in [0, 0.1) is 0 Å². The first-order valence-electron chi connectivity index (χ1n) is 1.90. The van der Waals surface area contributed by atoms with Crippen molar-refractivity contribution in [1.29, 1.82) is 0 Å². The van der Waals surface area contributed by atoms with Crippen LogP contribution in [0.1, 0.15) is 6.92 Å². The Morgan fingerprint density at radius 2 is 1.88 bits per heavy atom. The third-order valence-corrected chi connectivity index (χ3v) is 0.996. The van der Waals surface area contributed by atoms with Crippen molar-refractivity contribution >= 4 is 47.9 Å². The van der Waals surface area contributed by atoms with E-state index in [0.717, 1.165) is 6.26 Å². The van der Waals surface area contributed by atoms with Crippen molar-refractivity contribution in [2.75, 3.05) is 12.9 Å². The van der Waals surface area contributed by atoms with Crippen LogP contribution in [0.25, 0.3) is 0 Å². The van der Waals surface area contributed by atoms with E-state index in [1.165, 1.54) is 0 Å². The molecule has 0 aliphatic rings. The zero-order valence-electron chi connectivity index (χ0n) is 5.05. The second kappa shape index (κ2) is 4.99. The van der Waals surface area contributed by atoms with E-state index >= 15 is 0 Å². The van der Waals surface area contributed by atoms with E-state index in [4.69, 9.17) is 0 Å². The van der Waals surface area contributed by atoms with Gasteiger partial charge in [-0.2, -0.15) is 8.42 Å². The van der Waals surface area contributed by atoms with Crippen LogP contribution in [0.4, 0.5) is 0 Å². The van der Waals surface area contributed by atoms with Crippen molar-refractivity contribution in [1.82, 2.24) is 0 Å². The van der Waals surface area contributed by atoms with Crippen LogP contribution in [-0.4, -0.2) is 59.0 Å². The van der Waals surface area contributed by atoms with E-state index in [1.54, 1.807) is 6.92 Å². The Labute approximate surface area is 79.5 Å². The molecule has 0 unspecified atom stereocenters. The summed E-state index contributed by atoms with van der Waals surface area (Å²) in [6, 6.07) is 0. The first-order valence-corrected chi connectivity index (χ1v) is 3.72. The van der Waals surface area contributed by atoms with Gasteiger partial charge >= 0.3 is 0 Å². The molecule has 0 aromatic heterocycles. The fourth-order valence-corrected chi connectivity index (χ4v) is 0.642. The molecule has 0 fully saturated rings. The maximum atomic E-state index is 10.0. The largest absolute Gasteiger partial charge is 0.271 e. The topological polar surface area (TPSA) is 43.4 Å². The van der Waals surface area contributed by atoms with Gasteiger partial charge in [-0.3, -0.25) is 4.18 Å². The minimum Gasteiger partial charge on any atom is -0.271 e. The molecule has 0 aromatic carbocycles. The molecule has 0 spiro atoms. The summed E-state index contributed by atoms with van der Waals surface area (Å²) in [5.41, 5.74) is 0. The molecular formula is C3H8CaO3S. The molecule has 8 heavy (non-hydrogen) atoms. The van der Waals surface area contributed by atoms with Gasteiger partial charge in [-0.1, -0.05) is 0 Å². The summed E-state index contributed by atoms with van der Waals surface area (Å²) in [4.78, 5) is 0. The minimum atomic E-state index is -3.17. The predicted molar refractivity (Wildman–Crippen MR) is 32.2 cm³/mol. The van der Waals surface area contributed by atoms with Crippen molar-refractivity contribution in [2.24, 2.45) is 0 Å². The monoisotopic (exact) mass is 164 g/mol. The second-order valence-corrected chi connectivity index (χ2v) is 2.75. The van der Waals surface area contributed by atoms with Gasteiger partial charge in [-0.15, -0.1) is 0 Å². The SMILES string of the molecule is CCOS(C)(=O)=O.[Ca]. The summed E-state index contributed by atoms with van der Waals surface area (Å²) in [6.45, 7) is 1.85. The molecule has 3 nitrogen and oxygen atoms in total. The van der Waals surface area contributed by atoms with Gasteiger partial charge in [-0.25, -0.2) is 0 Å². The Morgan fingerprint density at radius 1 is 1.50 bits per heavy atom. The van der Waals surface area contributed by atoms with Gasteiger partial charge in [0.2, 0.25) is 0 Å². The van der Waals surface area contributed by atoms with Crippen LogP contribution >= 0.6 is 0 Å². The number of hydrogen-bond donors (Lipinski definition) is 0. The van der Waals surface area contributed by atoms with Crippen molar-refractivity contribution < 1.29 is 12.6 Å². The number of rotatable bonds is 2. The van der Waals surface area contributed by atoms with Gasteiger partial charge in [0.25, 0.3) is 10.1 Å². The van der Waals surface area contributed by atoms with Crippen molar-refractivity contribution in [3.05, 3.63) is 0 Å². The molecule has 0 aliphatic heterocycles. The Balaban J connectivity index is 0. The summed E-state index contributed by atoms with van der Waals surface area (Å²) in [6.07, 6.45) is 1.02. The van der Waals surface area contributed by atoms with Crippen LogP contribution in [0.15, 0.2) is 0 Å². The maximum Gasteiger partial charge on any atom is 0.264 e. The summed E-state index contributed by atoms with van der Waals surface area (Å²) >= 11 is 0. The average Bonchev–Trinajstić information content (AvgIpc) is 1.30. The smallest absolute Gasteiger partial charge is 0.264 e. The first-order chi connectivity index (χ1) is 3.06. The van der Waals surface area contributed by atoms with Crippen LogP contribution in [0.2, 0.25) is 0 Å². The van der Waals surface area contributed by atoms with Gasteiger partial charge in [0.05, 0.1) is 12.9 Å². The molecule has 0 saturated carbocycles. The quantitative estimate of drug-likeness (QED) is 0.412. The van der Waals surface area contributed by atoms with Crippen LogP contribution in [-0.2, 0) is 14.3 Å². The van der Waals surface area contributed by atoms with E-state index in [1.807, 2.05) is 0 Å².